The third-order valence-electron chi connectivity index (χ3n) is 13.6. The Hall–Kier alpha value is -8.48. The lowest BCUT2D eigenvalue weighted by atomic mass is 9.91. The fraction of sp³-hybridized carbons (Fsp3) is 0.0645. The van der Waals surface area contributed by atoms with E-state index in [4.69, 9.17) is 0 Å². The monoisotopic (exact) mass is 884 g/mol. The fourth-order valence-electron chi connectivity index (χ4n) is 10.2. The summed E-state index contributed by atoms with van der Waals surface area (Å²) < 4.78 is 30.3. The van der Waals surface area contributed by atoms with E-state index >= 15 is 0 Å². The van der Waals surface area contributed by atoms with Crippen LogP contribution in [0.1, 0.15) is 22.6 Å². The molecule has 0 saturated carbocycles. The van der Waals surface area contributed by atoms with Crippen LogP contribution in [0.4, 0.5) is 54.3 Å². The van der Waals surface area contributed by atoms with Crippen molar-refractivity contribution < 1.29 is 8.78 Å². The second kappa shape index (κ2) is 16.7. The Balaban J connectivity index is 0.890. The molecule has 1 aliphatic carbocycles. The minimum atomic E-state index is -0.254. The molecule has 0 radical (unpaired) electrons. The maximum atomic E-state index is 14.1. The van der Waals surface area contributed by atoms with E-state index in [2.05, 4.69) is 215 Å². The molecule has 12 rings (SSSR count). The van der Waals surface area contributed by atoms with Crippen molar-refractivity contribution in [2.75, 3.05) is 14.7 Å². The number of benzene rings is 9. The average Bonchev–Trinajstić information content (AvgIpc) is 3.89. The van der Waals surface area contributed by atoms with E-state index in [0.29, 0.717) is 0 Å². The largest absolute Gasteiger partial charge is 0.333 e. The highest BCUT2D eigenvalue weighted by Gasteiger charge is 2.38. The molecule has 0 spiro atoms. The second-order valence-corrected chi connectivity index (χ2v) is 17.8. The van der Waals surface area contributed by atoms with E-state index in [1.165, 1.54) is 41.0 Å². The van der Waals surface area contributed by atoms with Crippen LogP contribution in [0.2, 0.25) is 0 Å². The molecule has 0 saturated heterocycles. The summed E-state index contributed by atoms with van der Waals surface area (Å²) in [6.07, 6.45) is 8.76. The SMILES string of the molecule is Cc1ccc(N(c2ccc(-c3ccc(N(c4ccc(C)cc4)c4ccc5c(c4)c4ccccc4n5-c4ccc(F)cc4)cc3)cc2)c2ccc3c(c2)C2C=CC=CC2N3c2ccc(F)cc2)cc1. The third-order valence-corrected chi connectivity index (χ3v) is 13.6. The van der Waals surface area contributed by atoms with Crippen molar-refractivity contribution in [2.45, 2.75) is 25.8 Å². The Bertz CT molecular complexity index is 3540. The van der Waals surface area contributed by atoms with Gasteiger partial charge < -0.3 is 19.3 Å². The number of anilines is 8. The van der Waals surface area contributed by atoms with Crippen molar-refractivity contribution in [2.24, 2.45) is 0 Å². The average molecular weight is 885 g/mol. The maximum absolute atomic E-state index is 14.1. The molecule has 68 heavy (non-hydrogen) atoms. The van der Waals surface area contributed by atoms with Gasteiger partial charge in [-0.05, 0) is 170 Å². The number of nitrogens with zero attached hydrogens (tertiary/aromatic N) is 4. The first kappa shape index (κ1) is 41.0. The van der Waals surface area contributed by atoms with Gasteiger partial charge in [-0.25, -0.2) is 8.78 Å². The van der Waals surface area contributed by atoms with Crippen LogP contribution in [-0.2, 0) is 0 Å². The summed E-state index contributed by atoms with van der Waals surface area (Å²) in [7, 11) is 0. The van der Waals surface area contributed by atoms with Gasteiger partial charge in [0, 0.05) is 67.9 Å². The lowest BCUT2D eigenvalue weighted by Crippen LogP contribution is -2.28. The quantitative estimate of drug-likeness (QED) is 0.144. The van der Waals surface area contributed by atoms with E-state index in [9.17, 15) is 8.78 Å². The highest BCUT2D eigenvalue weighted by Crippen LogP contribution is 2.50. The summed E-state index contributed by atoms with van der Waals surface area (Å²) in [5, 5.41) is 2.25. The molecule has 1 aliphatic heterocycles. The zero-order valence-electron chi connectivity index (χ0n) is 37.6. The molecule has 2 heterocycles. The predicted octanol–water partition coefficient (Wildman–Crippen LogP) is 17.0. The van der Waals surface area contributed by atoms with Crippen LogP contribution in [0.3, 0.4) is 0 Å². The number of aryl methyl sites for hydroxylation is 2. The molecular weight excluding hydrogens is 839 g/mol. The van der Waals surface area contributed by atoms with Gasteiger partial charge in [0.05, 0.1) is 17.1 Å². The van der Waals surface area contributed by atoms with Crippen molar-refractivity contribution in [3.63, 3.8) is 0 Å². The van der Waals surface area contributed by atoms with Crippen LogP contribution < -0.4 is 14.7 Å². The molecule has 0 amide bonds. The highest BCUT2D eigenvalue weighted by molar-refractivity contribution is 6.10. The number of aromatic nitrogens is 1. The molecule has 9 aromatic carbocycles. The second-order valence-electron chi connectivity index (χ2n) is 17.8. The molecule has 6 heteroatoms. The van der Waals surface area contributed by atoms with Gasteiger partial charge >= 0.3 is 0 Å². The van der Waals surface area contributed by atoms with Gasteiger partial charge in [0.25, 0.3) is 0 Å². The molecule has 0 fully saturated rings. The zero-order chi connectivity index (χ0) is 45.9. The van der Waals surface area contributed by atoms with Gasteiger partial charge in [0.2, 0.25) is 0 Å². The van der Waals surface area contributed by atoms with Crippen LogP contribution in [0.25, 0.3) is 38.6 Å². The van der Waals surface area contributed by atoms with Crippen molar-refractivity contribution in [3.05, 3.63) is 259 Å². The van der Waals surface area contributed by atoms with Crippen LogP contribution in [0.15, 0.2) is 231 Å². The molecule has 2 unspecified atom stereocenters. The van der Waals surface area contributed by atoms with Gasteiger partial charge in [-0.15, -0.1) is 0 Å². The van der Waals surface area contributed by atoms with E-state index in [-0.39, 0.29) is 23.6 Å². The summed E-state index contributed by atoms with van der Waals surface area (Å²) in [6.45, 7) is 4.23. The lowest BCUT2D eigenvalue weighted by Gasteiger charge is -2.28. The van der Waals surface area contributed by atoms with Gasteiger partial charge in [-0.3, -0.25) is 0 Å². The lowest BCUT2D eigenvalue weighted by molar-refractivity contribution is 0.627. The maximum Gasteiger partial charge on any atom is 0.123 e. The van der Waals surface area contributed by atoms with E-state index in [1.54, 1.807) is 0 Å². The summed E-state index contributed by atoms with van der Waals surface area (Å²) >= 11 is 0. The van der Waals surface area contributed by atoms with Crippen molar-refractivity contribution >= 4 is 67.3 Å². The number of hydrogen-bond acceptors (Lipinski definition) is 3. The molecule has 1 aromatic heterocycles. The molecule has 2 aliphatic rings. The molecule has 10 aromatic rings. The smallest absolute Gasteiger partial charge is 0.123 e. The van der Waals surface area contributed by atoms with Crippen LogP contribution in [0, 0.1) is 25.5 Å². The first-order valence-electron chi connectivity index (χ1n) is 23.1. The molecule has 2 atom stereocenters. The standard InChI is InChI=1S/C62H46F2N4/c1-41-11-23-47(24-12-41)65(53-35-37-61-57(39-53)55-7-3-5-9-59(55)67(61)51-31-19-45(63)20-32-51)49-27-15-43(16-28-49)44-17-29-50(30-18-44)66(48-25-13-42(2)14-26-48)54-36-38-62-58(40-54)56-8-4-6-10-60(56)68(62)52-33-21-46(64)22-34-52/h3-40,55,59H,1-2H3. The number of para-hydroxylation sites is 1. The molecule has 4 nitrogen and oxygen atoms in total. The molecule has 0 N–H and O–H groups in total. The minimum Gasteiger partial charge on any atom is -0.333 e. The summed E-state index contributed by atoms with van der Waals surface area (Å²) in [5.41, 5.74) is 17.4. The Morgan fingerprint density at radius 2 is 0.882 bits per heavy atom. The number of hydrogen-bond donors (Lipinski definition) is 0. The number of allylic oxidation sites excluding steroid dienone is 2. The predicted molar refractivity (Wildman–Crippen MR) is 278 cm³/mol. The summed E-state index contributed by atoms with van der Waals surface area (Å²) in [6, 6.07) is 70.5. The van der Waals surface area contributed by atoms with Gasteiger partial charge in [0.1, 0.15) is 11.6 Å². The number of halogens is 2. The first-order valence-corrected chi connectivity index (χ1v) is 23.1. The van der Waals surface area contributed by atoms with E-state index < -0.39 is 0 Å². The Kier molecular flexibility index (Phi) is 10.1. The van der Waals surface area contributed by atoms with Crippen LogP contribution >= 0.6 is 0 Å². The zero-order valence-corrected chi connectivity index (χ0v) is 37.6. The normalized spacial score (nSPS) is 14.9. The van der Waals surface area contributed by atoms with Gasteiger partial charge in [-0.1, -0.05) is 102 Å². The number of fused-ring (bicyclic) bond motifs is 6. The summed E-state index contributed by atoms with van der Waals surface area (Å²) in [5.74, 6) is -0.335. The fourth-order valence-corrected chi connectivity index (χ4v) is 10.2. The molecule has 0 bridgehead atoms. The molecular formula is C62H46F2N4. The Labute approximate surface area is 395 Å². The Morgan fingerprint density at radius 1 is 0.412 bits per heavy atom. The first-order chi connectivity index (χ1) is 33.3. The Morgan fingerprint density at radius 3 is 1.47 bits per heavy atom. The van der Waals surface area contributed by atoms with Crippen LogP contribution in [-0.4, -0.2) is 10.6 Å². The van der Waals surface area contributed by atoms with Crippen LogP contribution in [0.5, 0.6) is 0 Å². The summed E-state index contributed by atoms with van der Waals surface area (Å²) in [4.78, 5) is 6.97. The van der Waals surface area contributed by atoms with Crippen molar-refractivity contribution in [1.82, 2.24) is 4.57 Å². The topological polar surface area (TPSA) is 14.7 Å². The third kappa shape index (κ3) is 7.22. The van der Waals surface area contributed by atoms with Crippen molar-refractivity contribution in [3.8, 4) is 16.8 Å². The minimum absolute atomic E-state index is 0.101. The molecule has 328 valence electrons. The highest BCUT2D eigenvalue weighted by atomic mass is 19.1. The van der Waals surface area contributed by atoms with E-state index in [1.807, 2.05) is 24.3 Å². The van der Waals surface area contributed by atoms with Gasteiger partial charge in [0.15, 0.2) is 0 Å². The van der Waals surface area contributed by atoms with Gasteiger partial charge in [-0.2, -0.15) is 0 Å². The van der Waals surface area contributed by atoms with E-state index in [0.717, 1.165) is 84.1 Å². The number of rotatable bonds is 9. The van der Waals surface area contributed by atoms with Crippen molar-refractivity contribution in [1.29, 1.82) is 0 Å².